The van der Waals surface area contributed by atoms with E-state index in [0.29, 0.717) is 16.5 Å². The fourth-order valence-corrected chi connectivity index (χ4v) is 1.54. The summed E-state index contributed by atoms with van der Waals surface area (Å²) in [5, 5.41) is 18.4. The van der Waals surface area contributed by atoms with Crippen molar-refractivity contribution in [3.8, 4) is 0 Å². The number of H-pyrrole nitrogens is 1. The number of rotatable bonds is 2. The van der Waals surface area contributed by atoms with Gasteiger partial charge < -0.3 is 10.7 Å². The van der Waals surface area contributed by atoms with Crippen molar-refractivity contribution in [2.24, 2.45) is 5.73 Å². The molecule has 0 saturated heterocycles. The Morgan fingerprint density at radius 2 is 2.27 bits per heavy atom. The molecule has 6 nitrogen and oxygen atoms in total. The monoisotopic (exact) mass is 204 g/mol. The van der Waals surface area contributed by atoms with Gasteiger partial charge in [0.05, 0.1) is 22.0 Å². The number of nitro groups is 1. The zero-order chi connectivity index (χ0) is 11.0. The maximum absolute atomic E-state index is 10.7. The third-order valence-corrected chi connectivity index (χ3v) is 2.17. The molecule has 1 aromatic carbocycles. The lowest BCUT2D eigenvalue weighted by atomic mass is 10.1. The summed E-state index contributed by atoms with van der Waals surface area (Å²) in [5.41, 5.74) is 6.28. The van der Waals surface area contributed by atoms with E-state index in [4.69, 9.17) is 11.1 Å². The first-order valence-corrected chi connectivity index (χ1v) is 4.20. The van der Waals surface area contributed by atoms with Crippen LogP contribution in [-0.4, -0.2) is 15.7 Å². The molecule has 76 valence electrons. The number of hydrogen-bond acceptors (Lipinski definition) is 3. The third kappa shape index (κ3) is 1.32. The Labute approximate surface area is 84.4 Å². The molecule has 0 aliphatic rings. The predicted molar refractivity (Wildman–Crippen MR) is 56.0 cm³/mol. The lowest BCUT2D eigenvalue weighted by Gasteiger charge is -1.99. The van der Waals surface area contributed by atoms with E-state index in [0.717, 1.165) is 0 Å². The Morgan fingerprint density at radius 3 is 2.87 bits per heavy atom. The summed E-state index contributed by atoms with van der Waals surface area (Å²) in [4.78, 5) is 13.0. The predicted octanol–water partition coefficient (Wildman–Crippen LogP) is 1.36. The minimum Gasteiger partial charge on any atom is -0.384 e. The number of nitrogens with zero attached hydrogens (tertiary/aromatic N) is 1. The average molecular weight is 204 g/mol. The van der Waals surface area contributed by atoms with E-state index in [2.05, 4.69) is 4.98 Å². The van der Waals surface area contributed by atoms with Crippen LogP contribution in [0.3, 0.4) is 0 Å². The van der Waals surface area contributed by atoms with Crippen LogP contribution in [0.5, 0.6) is 0 Å². The number of fused-ring (bicyclic) bond motifs is 1. The normalized spacial score (nSPS) is 10.4. The van der Waals surface area contributed by atoms with Crippen molar-refractivity contribution in [2.45, 2.75) is 0 Å². The van der Waals surface area contributed by atoms with E-state index in [1.807, 2.05) is 0 Å². The van der Waals surface area contributed by atoms with Gasteiger partial charge in [0, 0.05) is 5.56 Å². The molecule has 0 aliphatic carbocycles. The second-order valence-corrected chi connectivity index (χ2v) is 3.07. The fourth-order valence-electron chi connectivity index (χ4n) is 1.54. The standard InChI is InChI=1S/C9H8N4O2/c10-9(11)5-2-1-3-6-8(5)7(4-12-6)13(14)15/h1-4,12H,(H3,10,11). The Balaban J connectivity index is 2.86. The lowest BCUT2D eigenvalue weighted by molar-refractivity contribution is -0.383. The number of nitrogen functional groups attached to an aromatic ring is 1. The summed E-state index contributed by atoms with van der Waals surface area (Å²) in [6.07, 6.45) is 1.30. The highest BCUT2D eigenvalue weighted by molar-refractivity contribution is 6.10. The molecule has 0 spiro atoms. The molecule has 0 radical (unpaired) electrons. The van der Waals surface area contributed by atoms with Crippen LogP contribution in [-0.2, 0) is 0 Å². The van der Waals surface area contributed by atoms with Crippen LogP contribution in [0, 0.1) is 15.5 Å². The maximum Gasteiger partial charge on any atom is 0.295 e. The summed E-state index contributed by atoms with van der Waals surface area (Å²) >= 11 is 0. The Bertz CT molecular complexity index is 558. The van der Waals surface area contributed by atoms with Crippen LogP contribution in [0.25, 0.3) is 10.9 Å². The number of amidine groups is 1. The molecule has 6 heteroatoms. The largest absolute Gasteiger partial charge is 0.384 e. The molecular weight excluding hydrogens is 196 g/mol. The fraction of sp³-hybridized carbons (Fsp3) is 0. The molecule has 0 unspecified atom stereocenters. The molecule has 2 aromatic rings. The van der Waals surface area contributed by atoms with Crippen molar-refractivity contribution >= 4 is 22.4 Å². The molecule has 0 fully saturated rings. The first-order valence-electron chi connectivity index (χ1n) is 4.20. The second kappa shape index (κ2) is 3.09. The van der Waals surface area contributed by atoms with Gasteiger partial charge in [-0.2, -0.15) is 0 Å². The molecule has 0 atom stereocenters. The van der Waals surface area contributed by atoms with E-state index >= 15 is 0 Å². The SMILES string of the molecule is N=C(N)c1cccc2[nH]cc([N+](=O)[O-])c12. The lowest BCUT2D eigenvalue weighted by Crippen LogP contribution is -2.11. The molecule has 15 heavy (non-hydrogen) atoms. The second-order valence-electron chi connectivity index (χ2n) is 3.07. The number of benzene rings is 1. The van der Waals surface area contributed by atoms with E-state index in [1.54, 1.807) is 18.2 Å². The van der Waals surface area contributed by atoms with Crippen LogP contribution >= 0.6 is 0 Å². The Hall–Kier alpha value is -2.37. The zero-order valence-electron chi connectivity index (χ0n) is 7.65. The highest BCUT2D eigenvalue weighted by Crippen LogP contribution is 2.28. The summed E-state index contributed by atoms with van der Waals surface area (Å²) in [6, 6.07) is 4.99. The first-order chi connectivity index (χ1) is 7.11. The minimum atomic E-state index is -0.495. The van der Waals surface area contributed by atoms with E-state index in [9.17, 15) is 10.1 Å². The number of aromatic nitrogens is 1. The number of nitrogens with one attached hydrogen (secondary N) is 2. The number of aromatic amines is 1. The molecular formula is C9H8N4O2. The molecule has 1 heterocycles. The van der Waals surface area contributed by atoms with E-state index in [1.165, 1.54) is 6.20 Å². The Morgan fingerprint density at radius 1 is 1.53 bits per heavy atom. The average Bonchev–Trinajstić information content (AvgIpc) is 2.60. The van der Waals surface area contributed by atoms with Crippen molar-refractivity contribution < 1.29 is 4.92 Å². The van der Waals surface area contributed by atoms with Gasteiger partial charge in [-0.3, -0.25) is 15.5 Å². The van der Waals surface area contributed by atoms with Gasteiger partial charge in [-0.25, -0.2) is 0 Å². The quantitative estimate of drug-likeness (QED) is 0.297. The molecule has 0 aliphatic heterocycles. The highest BCUT2D eigenvalue weighted by atomic mass is 16.6. The summed E-state index contributed by atoms with van der Waals surface area (Å²) in [5.74, 6) is -0.178. The summed E-state index contributed by atoms with van der Waals surface area (Å²) in [7, 11) is 0. The van der Waals surface area contributed by atoms with Gasteiger partial charge in [0.2, 0.25) is 0 Å². The van der Waals surface area contributed by atoms with Crippen molar-refractivity contribution in [3.05, 3.63) is 40.1 Å². The van der Waals surface area contributed by atoms with Crippen molar-refractivity contribution in [1.82, 2.24) is 4.98 Å². The number of hydrogen-bond donors (Lipinski definition) is 3. The zero-order valence-corrected chi connectivity index (χ0v) is 7.65. The third-order valence-electron chi connectivity index (χ3n) is 2.17. The minimum absolute atomic E-state index is 0.0594. The Kier molecular flexibility index (Phi) is 1.89. The smallest absolute Gasteiger partial charge is 0.295 e. The van der Waals surface area contributed by atoms with Crippen LogP contribution in [0.15, 0.2) is 24.4 Å². The molecule has 2 rings (SSSR count). The summed E-state index contributed by atoms with van der Waals surface area (Å²) in [6.45, 7) is 0. The van der Waals surface area contributed by atoms with Gasteiger partial charge in [-0.1, -0.05) is 12.1 Å². The molecule has 0 saturated carbocycles. The molecule has 1 aromatic heterocycles. The van der Waals surface area contributed by atoms with Crippen LogP contribution < -0.4 is 5.73 Å². The molecule has 0 bridgehead atoms. The van der Waals surface area contributed by atoms with Gasteiger partial charge in [0.1, 0.15) is 5.84 Å². The summed E-state index contributed by atoms with van der Waals surface area (Å²) < 4.78 is 0. The topological polar surface area (TPSA) is 109 Å². The van der Waals surface area contributed by atoms with Gasteiger partial charge in [0.15, 0.2) is 0 Å². The van der Waals surface area contributed by atoms with Gasteiger partial charge in [-0.05, 0) is 6.07 Å². The van der Waals surface area contributed by atoms with E-state index in [-0.39, 0.29) is 11.5 Å². The van der Waals surface area contributed by atoms with Gasteiger partial charge in [-0.15, -0.1) is 0 Å². The highest BCUT2D eigenvalue weighted by Gasteiger charge is 2.17. The maximum atomic E-state index is 10.7. The van der Waals surface area contributed by atoms with Gasteiger partial charge >= 0.3 is 0 Å². The molecule has 0 amide bonds. The van der Waals surface area contributed by atoms with Crippen molar-refractivity contribution in [1.29, 1.82) is 5.41 Å². The van der Waals surface area contributed by atoms with Crippen LogP contribution in [0.2, 0.25) is 0 Å². The van der Waals surface area contributed by atoms with Crippen LogP contribution in [0.1, 0.15) is 5.56 Å². The first kappa shape index (κ1) is 9.20. The van der Waals surface area contributed by atoms with E-state index < -0.39 is 4.92 Å². The molecule has 4 N–H and O–H groups in total. The van der Waals surface area contributed by atoms with Crippen LogP contribution in [0.4, 0.5) is 5.69 Å². The van der Waals surface area contributed by atoms with Gasteiger partial charge in [0.25, 0.3) is 5.69 Å². The number of nitrogens with two attached hydrogens (primary N) is 1. The van der Waals surface area contributed by atoms with Crippen molar-refractivity contribution in [2.75, 3.05) is 0 Å². The van der Waals surface area contributed by atoms with Crippen molar-refractivity contribution in [3.63, 3.8) is 0 Å².